The predicted octanol–water partition coefficient (Wildman–Crippen LogP) is 5.47. The fraction of sp³-hybridized carbons (Fsp3) is 0.444. The molecule has 9 heteroatoms. The number of nitrogens with one attached hydrogen (secondary N) is 1. The van der Waals surface area contributed by atoms with Crippen LogP contribution in [0.4, 0.5) is 10.1 Å². The van der Waals surface area contributed by atoms with Crippen LogP contribution in [0.25, 0.3) is 5.57 Å². The Balaban J connectivity index is 1.49. The molecule has 4 atom stereocenters. The number of carbonyl (C=O) groups excluding carboxylic acids is 2. The predicted molar refractivity (Wildman–Crippen MR) is 141 cm³/mol. The lowest BCUT2D eigenvalue weighted by Crippen LogP contribution is -2.30. The highest BCUT2D eigenvalue weighted by molar-refractivity contribution is 7.13. The molecule has 1 N–H and O–H groups in total. The molecule has 3 aliphatic rings. The van der Waals surface area contributed by atoms with E-state index in [9.17, 15) is 14.0 Å². The molecular formula is C27H29ClFN3O3S. The average Bonchev–Trinajstić information content (AvgIpc) is 3.62. The molecule has 1 aromatic heterocycles. The van der Waals surface area contributed by atoms with E-state index in [1.165, 1.54) is 16.2 Å². The van der Waals surface area contributed by atoms with Crippen LogP contribution < -0.4 is 10.1 Å². The van der Waals surface area contributed by atoms with Gasteiger partial charge in [-0.2, -0.15) is 0 Å². The van der Waals surface area contributed by atoms with Crippen molar-refractivity contribution in [2.75, 3.05) is 13.1 Å². The average molecular weight is 530 g/mol. The van der Waals surface area contributed by atoms with E-state index in [4.69, 9.17) is 16.3 Å². The van der Waals surface area contributed by atoms with Gasteiger partial charge in [0.2, 0.25) is 11.8 Å². The van der Waals surface area contributed by atoms with Crippen LogP contribution in [0.2, 0.25) is 5.02 Å². The molecule has 190 valence electrons. The van der Waals surface area contributed by atoms with Gasteiger partial charge >= 0.3 is 0 Å². The molecule has 3 heterocycles. The highest BCUT2D eigenvalue weighted by atomic mass is 35.5. The van der Waals surface area contributed by atoms with Gasteiger partial charge in [-0.1, -0.05) is 24.1 Å². The third-order valence-corrected chi connectivity index (χ3v) is 8.71. The van der Waals surface area contributed by atoms with Crippen molar-refractivity contribution >= 4 is 52.7 Å². The van der Waals surface area contributed by atoms with Gasteiger partial charge in [0.15, 0.2) is 6.17 Å². The molecule has 3 fully saturated rings. The van der Waals surface area contributed by atoms with Crippen LogP contribution in [-0.2, 0) is 16.1 Å². The second kappa shape index (κ2) is 10.1. The van der Waals surface area contributed by atoms with Gasteiger partial charge in [-0.05, 0) is 57.2 Å². The maximum absolute atomic E-state index is 14.4. The molecule has 36 heavy (non-hydrogen) atoms. The van der Waals surface area contributed by atoms with Crippen LogP contribution >= 0.6 is 22.9 Å². The Morgan fingerprint density at radius 1 is 1.28 bits per heavy atom. The number of rotatable bonds is 7. The minimum Gasteiger partial charge on any atom is -0.485 e. The summed E-state index contributed by atoms with van der Waals surface area (Å²) in [6.45, 7) is 8.45. The van der Waals surface area contributed by atoms with Crippen molar-refractivity contribution in [2.24, 2.45) is 16.8 Å². The van der Waals surface area contributed by atoms with Crippen LogP contribution in [0.5, 0.6) is 5.75 Å². The molecule has 2 unspecified atom stereocenters. The van der Waals surface area contributed by atoms with Crippen LogP contribution in [0.15, 0.2) is 29.3 Å². The molecular weight excluding hydrogens is 501 g/mol. The highest BCUT2D eigenvalue weighted by Gasteiger charge is 2.49. The molecule has 2 aliphatic heterocycles. The van der Waals surface area contributed by atoms with E-state index in [0.717, 1.165) is 45.7 Å². The number of hydrogen-bond donors (Lipinski definition) is 1. The standard InChI is InChI=1S/C27H29ClFN3O3S/c1-4-17(20-9-15(28)8-14(2)24(20)35-23-12-31-11-21(23)29)25-22(30-3)10-16(36-25)13-32-26(33)18-6-5-7-19(18)27(32)34/h4,8-10,18-19,21,23,31H,3,5-7,11-13H2,1-2H3/b17-4-/t18?,19?,21-,23+/m0/s1. The molecule has 0 bridgehead atoms. The highest BCUT2D eigenvalue weighted by Crippen LogP contribution is 2.45. The molecule has 1 aliphatic carbocycles. The first-order chi connectivity index (χ1) is 17.3. The van der Waals surface area contributed by atoms with Gasteiger partial charge in [-0.15, -0.1) is 11.3 Å². The van der Waals surface area contributed by atoms with Crippen LogP contribution in [0.3, 0.4) is 0 Å². The normalized spacial score (nSPS) is 26.1. The molecule has 2 saturated heterocycles. The fourth-order valence-corrected chi connectivity index (χ4v) is 7.04. The molecule has 5 rings (SSSR count). The van der Waals surface area contributed by atoms with Gasteiger partial charge in [0, 0.05) is 34.1 Å². The quantitative estimate of drug-likeness (QED) is 0.381. The smallest absolute Gasteiger partial charge is 0.233 e. The van der Waals surface area contributed by atoms with Gasteiger partial charge in [0.1, 0.15) is 11.9 Å². The number of thiophene rings is 1. The van der Waals surface area contributed by atoms with E-state index in [0.29, 0.717) is 23.0 Å². The molecule has 0 radical (unpaired) electrons. The molecule has 0 spiro atoms. The van der Waals surface area contributed by atoms with Crippen LogP contribution in [-0.4, -0.2) is 48.8 Å². The van der Waals surface area contributed by atoms with Gasteiger partial charge in [-0.3, -0.25) is 19.5 Å². The summed E-state index contributed by atoms with van der Waals surface area (Å²) in [4.78, 5) is 33.1. The molecule has 1 aromatic carbocycles. The topological polar surface area (TPSA) is 71.0 Å². The molecule has 1 saturated carbocycles. The van der Waals surface area contributed by atoms with Crippen LogP contribution in [0, 0.1) is 18.8 Å². The van der Waals surface area contributed by atoms with Gasteiger partial charge in [0.05, 0.1) is 28.9 Å². The molecule has 2 amide bonds. The van der Waals surface area contributed by atoms with Crippen molar-refractivity contribution in [1.29, 1.82) is 0 Å². The molecule has 6 nitrogen and oxygen atoms in total. The number of carbonyl (C=O) groups is 2. The number of alkyl halides is 1. The first-order valence-electron chi connectivity index (χ1n) is 12.3. The molecule has 2 aromatic rings. The second-order valence-corrected chi connectivity index (χ2v) is 11.2. The zero-order valence-electron chi connectivity index (χ0n) is 20.4. The fourth-order valence-electron chi connectivity index (χ4n) is 5.58. The zero-order valence-corrected chi connectivity index (χ0v) is 21.9. The number of nitrogens with zero attached hydrogens (tertiary/aromatic N) is 2. The number of halogens is 2. The summed E-state index contributed by atoms with van der Waals surface area (Å²) in [5, 5.41) is 3.57. The summed E-state index contributed by atoms with van der Waals surface area (Å²) in [5.74, 6) is 0.108. The second-order valence-electron chi connectivity index (χ2n) is 9.62. The summed E-state index contributed by atoms with van der Waals surface area (Å²) < 4.78 is 20.6. The first kappa shape index (κ1) is 25.1. The number of aliphatic imine (C=N–C) groups is 1. The Morgan fingerprint density at radius 3 is 2.61 bits per heavy atom. The number of likely N-dealkylation sites (tertiary alicyclic amines) is 1. The van der Waals surface area contributed by atoms with Crippen molar-refractivity contribution in [3.63, 3.8) is 0 Å². The van der Waals surface area contributed by atoms with Gasteiger partial charge in [-0.25, -0.2) is 4.39 Å². The number of allylic oxidation sites excluding steroid dienone is 1. The van der Waals surface area contributed by atoms with Crippen molar-refractivity contribution < 1.29 is 18.7 Å². The van der Waals surface area contributed by atoms with Crippen LogP contribution in [0.1, 0.15) is 47.1 Å². The van der Waals surface area contributed by atoms with E-state index in [1.54, 1.807) is 6.07 Å². The minimum atomic E-state index is -1.10. The third kappa shape index (κ3) is 4.40. The van der Waals surface area contributed by atoms with Gasteiger partial charge < -0.3 is 10.1 Å². The SMILES string of the molecule is C=Nc1cc(CN2C(=O)C3CCCC3C2=O)sc1/C(=C\C)c1cc(Cl)cc(C)c1O[C@@H]1CNC[C@@H]1F. The Morgan fingerprint density at radius 2 is 2.00 bits per heavy atom. The lowest BCUT2D eigenvalue weighted by atomic mass is 9.99. The van der Waals surface area contributed by atoms with E-state index in [1.807, 2.05) is 32.1 Å². The summed E-state index contributed by atoms with van der Waals surface area (Å²) in [6.07, 6.45) is 2.76. The van der Waals surface area contributed by atoms with Gasteiger partial charge in [0.25, 0.3) is 0 Å². The zero-order chi connectivity index (χ0) is 25.6. The Labute approximate surface area is 219 Å². The number of hydrogen-bond acceptors (Lipinski definition) is 6. The summed E-state index contributed by atoms with van der Waals surface area (Å²) in [6, 6.07) is 5.49. The van der Waals surface area contributed by atoms with Crippen molar-refractivity contribution in [3.8, 4) is 5.75 Å². The van der Waals surface area contributed by atoms with E-state index < -0.39 is 12.3 Å². The van der Waals surface area contributed by atoms with Crippen molar-refractivity contribution in [3.05, 3.63) is 50.2 Å². The Hall–Kier alpha value is -2.55. The van der Waals surface area contributed by atoms with E-state index >= 15 is 0 Å². The maximum Gasteiger partial charge on any atom is 0.233 e. The largest absolute Gasteiger partial charge is 0.485 e. The number of ether oxygens (including phenoxy) is 1. The van der Waals surface area contributed by atoms with Crippen molar-refractivity contribution in [1.82, 2.24) is 10.2 Å². The first-order valence-corrected chi connectivity index (χ1v) is 13.4. The Kier molecular flexibility index (Phi) is 7.03. The number of imide groups is 1. The number of aryl methyl sites for hydroxylation is 1. The Bertz CT molecular complexity index is 1240. The minimum absolute atomic E-state index is 0.0658. The van der Waals surface area contributed by atoms with E-state index in [-0.39, 0.29) is 36.7 Å². The third-order valence-electron chi connectivity index (χ3n) is 7.35. The number of amides is 2. The maximum atomic E-state index is 14.4. The lowest BCUT2D eigenvalue weighted by molar-refractivity contribution is -0.140. The summed E-state index contributed by atoms with van der Waals surface area (Å²) >= 11 is 7.90. The monoisotopic (exact) mass is 529 g/mol. The number of benzene rings is 1. The summed E-state index contributed by atoms with van der Waals surface area (Å²) in [5.41, 5.74) is 3.02. The van der Waals surface area contributed by atoms with Crippen molar-refractivity contribution in [2.45, 2.75) is 51.9 Å². The lowest BCUT2D eigenvalue weighted by Gasteiger charge is -2.21. The van der Waals surface area contributed by atoms with E-state index in [2.05, 4.69) is 17.0 Å². The number of fused-ring (bicyclic) bond motifs is 1. The summed E-state index contributed by atoms with van der Waals surface area (Å²) in [7, 11) is 0.